The van der Waals surface area contributed by atoms with Crippen LogP contribution in [0.5, 0.6) is 0 Å². The highest BCUT2D eigenvalue weighted by atomic mass is 35.5. The third-order valence-corrected chi connectivity index (χ3v) is 4.24. The van der Waals surface area contributed by atoms with Gasteiger partial charge in [-0.15, -0.1) is 0 Å². The average molecular weight is 312 g/mol. The van der Waals surface area contributed by atoms with Gasteiger partial charge in [0.25, 0.3) is 5.69 Å². The first-order valence-electron chi connectivity index (χ1n) is 6.88. The Morgan fingerprint density at radius 3 is 2.57 bits per heavy atom. The molecule has 0 saturated heterocycles. The summed E-state index contributed by atoms with van der Waals surface area (Å²) in [5.74, 6) is -0.254. The summed E-state index contributed by atoms with van der Waals surface area (Å²) in [5.41, 5.74) is 6.17. The second kappa shape index (κ2) is 5.99. The molecule has 0 radical (unpaired) electrons. The average Bonchev–Trinajstić information content (AvgIpc) is 2.43. The summed E-state index contributed by atoms with van der Waals surface area (Å²) in [7, 11) is 0. The third-order valence-electron chi connectivity index (χ3n) is 3.94. The molecule has 1 amide bonds. The maximum absolute atomic E-state index is 12.4. The van der Waals surface area contributed by atoms with E-state index in [1.807, 2.05) is 0 Å². The molecule has 7 heteroatoms. The lowest BCUT2D eigenvalue weighted by molar-refractivity contribution is -0.384. The van der Waals surface area contributed by atoms with Crippen LogP contribution in [-0.2, 0) is 4.79 Å². The quantitative estimate of drug-likeness (QED) is 0.661. The largest absolute Gasteiger partial charge is 0.324 e. The van der Waals surface area contributed by atoms with E-state index in [2.05, 4.69) is 5.32 Å². The third kappa shape index (κ3) is 3.33. The van der Waals surface area contributed by atoms with Gasteiger partial charge in [0.2, 0.25) is 5.91 Å². The van der Waals surface area contributed by atoms with Crippen LogP contribution in [-0.4, -0.2) is 16.4 Å². The van der Waals surface area contributed by atoms with Crippen molar-refractivity contribution in [1.29, 1.82) is 0 Å². The summed E-state index contributed by atoms with van der Waals surface area (Å²) in [6.45, 7) is 1.68. The summed E-state index contributed by atoms with van der Waals surface area (Å²) in [6.07, 6.45) is 4.26. The van der Waals surface area contributed by atoms with Crippen molar-refractivity contribution in [3.8, 4) is 0 Å². The maximum Gasteiger partial charge on any atom is 0.288 e. The molecule has 0 aromatic heterocycles. The van der Waals surface area contributed by atoms with E-state index in [1.54, 1.807) is 6.92 Å². The van der Waals surface area contributed by atoms with Gasteiger partial charge in [-0.05, 0) is 31.4 Å². The zero-order valence-corrected chi connectivity index (χ0v) is 12.6. The summed E-state index contributed by atoms with van der Waals surface area (Å²) < 4.78 is 0. The summed E-state index contributed by atoms with van der Waals surface area (Å²) in [6, 6.07) is 2.75. The van der Waals surface area contributed by atoms with Crippen LogP contribution in [0.15, 0.2) is 12.1 Å². The maximum atomic E-state index is 12.4. The Balaban J connectivity index is 2.21. The number of rotatable bonds is 3. The number of amides is 1. The number of anilines is 1. The van der Waals surface area contributed by atoms with Gasteiger partial charge >= 0.3 is 0 Å². The molecule has 3 N–H and O–H groups in total. The van der Waals surface area contributed by atoms with Crippen molar-refractivity contribution < 1.29 is 9.72 Å². The Kier molecular flexibility index (Phi) is 4.49. The second-order valence-corrected chi connectivity index (χ2v) is 5.95. The molecule has 114 valence electrons. The van der Waals surface area contributed by atoms with Crippen LogP contribution < -0.4 is 11.1 Å². The Bertz CT molecular complexity index is 583. The molecular weight excluding hydrogens is 294 g/mol. The Morgan fingerprint density at radius 2 is 2.00 bits per heavy atom. The van der Waals surface area contributed by atoms with Crippen LogP contribution in [0.2, 0.25) is 5.02 Å². The van der Waals surface area contributed by atoms with Crippen molar-refractivity contribution >= 4 is 28.9 Å². The van der Waals surface area contributed by atoms with Gasteiger partial charge in [-0.1, -0.05) is 30.9 Å². The van der Waals surface area contributed by atoms with E-state index in [-0.39, 0.29) is 16.6 Å². The fourth-order valence-electron chi connectivity index (χ4n) is 2.60. The molecule has 0 atom stereocenters. The first-order chi connectivity index (χ1) is 9.83. The van der Waals surface area contributed by atoms with Gasteiger partial charge < -0.3 is 11.1 Å². The number of nitrogens with two attached hydrogens (primary N) is 1. The molecule has 21 heavy (non-hydrogen) atoms. The number of nitrogens with one attached hydrogen (secondary N) is 1. The Morgan fingerprint density at radius 1 is 1.38 bits per heavy atom. The smallest absolute Gasteiger partial charge is 0.288 e. The minimum atomic E-state index is -0.862. The molecule has 0 bridgehead atoms. The van der Waals surface area contributed by atoms with E-state index in [9.17, 15) is 14.9 Å². The van der Waals surface area contributed by atoms with Gasteiger partial charge in [0, 0.05) is 11.8 Å². The minimum absolute atomic E-state index is 0.00406. The highest BCUT2D eigenvalue weighted by Crippen LogP contribution is 2.32. The number of aryl methyl sites for hydroxylation is 1. The van der Waals surface area contributed by atoms with Crippen molar-refractivity contribution in [3.05, 3.63) is 32.8 Å². The van der Waals surface area contributed by atoms with Crippen LogP contribution in [0, 0.1) is 17.0 Å². The number of benzene rings is 1. The van der Waals surface area contributed by atoms with Crippen molar-refractivity contribution in [2.75, 3.05) is 5.32 Å². The molecule has 1 fully saturated rings. The normalized spacial score (nSPS) is 17.3. The van der Waals surface area contributed by atoms with Crippen LogP contribution in [0.1, 0.15) is 37.7 Å². The standard InChI is InChI=1S/C14H18ClN3O3/c1-9-7-12(18(20)21)10(15)8-11(9)17-13(19)14(16)5-3-2-4-6-14/h7-8H,2-6,16H2,1H3,(H,17,19). The predicted molar refractivity (Wildman–Crippen MR) is 81.5 cm³/mol. The molecule has 0 unspecified atom stereocenters. The number of halogens is 1. The Hall–Kier alpha value is -1.66. The Labute approximate surface area is 127 Å². The summed E-state index contributed by atoms with van der Waals surface area (Å²) in [5, 5.41) is 13.6. The van der Waals surface area contributed by atoms with E-state index in [0.717, 1.165) is 19.3 Å². The summed E-state index contributed by atoms with van der Waals surface area (Å²) >= 11 is 5.88. The molecule has 1 saturated carbocycles. The fraction of sp³-hybridized carbons (Fsp3) is 0.500. The van der Waals surface area contributed by atoms with Gasteiger partial charge in [0.15, 0.2) is 0 Å². The van der Waals surface area contributed by atoms with Crippen molar-refractivity contribution in [2.24, 2.45) is 5.73 Å². The van der Waals surface area contributed by atoms with E-state index >= 15 is 0 Å². The van der Waals surface area contributed by atoms with Gasteiger partial charge in [-0.25, -0.2) is 0 Å². The second-order valence-electron chi connectivity index (χ2n) is 5.55. The van der Waals surface area contributed by atoms with Gasteiger partial charge in [-0.2, -0.15) is 0 Å². The molecule has 1 aliphatic carbocycles. The fourth-order valence-corrected chi connectivity index (χ4v) is 2.83. The molecular formula is C14H18ClN3O3. The minimum Gasteiger partial charge on any atom is -0.324 e. The molecule has 6 nitrogen and oxygen atoms in total. The van der Waals surface area contributed by atoms with E-state index in [1.165, 1.54) is 12.1 Å². The van der Waals surface area contributed by atoms with Gasteiger partial charge in [-0.3, -0.25) is 14.9 Å². The molecule has 1 aliphatic rings. The number of nitrogens with zero attached hydrogens (tertiary/aromatic N) is 1. The first kappa shape index (κ1) is 15.7. The zero-order valence-electron chi connectivity index (χ0n) is 11.8. The van der Waals surface area contributed by atoms with Crippen molar-refractivity contribution in [1.82, 2.24) is 0 Å². The topological polar surface area (TPSA) is 98.3 Å². The monoisotopic (exact) mass is 311 g/mol. The SMILES string of the molecule is Cc1cc([N+](=O)[O-])c(Cl)cc1NC(=O)C1(N)CCCCC1. The lowest BCUT2D eigenvalue weighted by atomic mass is 9.82. The molecule has 0 heterocycles. The number of hydrogen-bond acceptors (Lipinski definition) is 4. The summed E-state index contributed by atoms with van der Waals surface area (Å²) in [4.78, 5) is 22.6. The van der Waals surface area contributed by atoms with Crippen LogP contribution >= 0.6 is 11.6 Å². The van der Waals surface area contributed by atoms with E-state index < -0.39 is 10.5 Å². The number of nitro groups is 1. The van der Waals surface area contributed by atoms with Crippen LogP contribution in [0.4, 0.5) is 11.4 Å². The first-order valence-corrected chi connectivity index (χ1v) is 7.26. The number of carbonyl (C=O) groups excluding carboxylic acids is 1. The predicted octanol–water partition coefficient (Wildman–Crippen LogP) is 3.16. The van der Waals surface area contributed by atoms with Crippen LogP contribution in [0.3, 0.4) is 0 Å². The molecule has 0 spiro atoms. The molecule has 1 aromatic carbocycles. The van der Waals surface area contributed by atoms with Crippen molar-refractivity contribution in [3.63, 3.8) is 0 Å². The van der Waals surface area contributed by atoms with Crippen LogP contribution in [0.25, 0.3) is 0 Å². The lowest BCUT2D eigenvalue weighted by Gasteiger charge is -2.32. The highest BCUT2D eigenvalue weighted by molar-refractivity contribution is 6.33. The lowest BCUT2D eigenvalue weighted by Crippen LogP contribution is -2.52. The number of hydrogen-bond donors (Lipinski definition) is 2. The zero-order chi connectivity index (χ0) is 15.6. The highest BCUT2D eigenvalue weighted by Gasteiger charge is 2.35. The van der Waals surface area contributed by atoms with E-state index in [0.29, 0.717) is 24.1 Å². The number of nitro benzene ring substituents is 1. The molecule has 2 rings (SSSR count). The van der Waals surface area contributed by atoms with Gasteiger partial charge in [0.1, 0.15) is 5.02 Å². The van der Waals surface area contributed by atoms with Crippen molar-refractivity contribution in [2.45, 2.75) is 44.6 Å². The van der Waals surface area contributed by atoms with Gasteiger partial charge in [0.05, 0.1) is 10.5 Å². The van der Waals surface area contributed by atoms with E-state index in [4.69, 9.17) is 17.3 Å². The molecule has 0 aliphatic heterocycles. The molecule has 1 aromatic rings. The number of carbonyl (C=O) groups is 1.